The lowest BCUT2D eigenvalue weighted by atomic mass is 10.2. The normalized spacial score (nSPS) is 11.7. The lowest BCUT2D eigenvalue weighted by Gasteiger charge is -2.02. The second-order valence-electron chi connectivity index (χ2n) is 5.43. The van der Waals surface area contributed by atoms with Gasteiger partial charge in [-0.05, 0) is 46.0 Å². The van der Waals surface area contributed by atoms with E-state index < -0.39 is 0 Å². The van der Waals surface area contributed by atoms with Gasteiger partial charge < -0.3 is 0 Å². The van der Waals surface area contributed by atoms with Crippen LogP contribution in [0.5, 0.6) is 0 Å². The van der Waals surface area contributed by atoms with Gasteiger partial charge in [-0.15, -0.1) is 5.10 Å². The second-order valence-corrected chi connectivity index (χ2v) is 5.82. The van der Waals surface area contributed by atoms with Gasteiger partial charge in [-0.25, -0.2) is 9.78 Å². The van der Waals surface area contributed by atoms with E-state index in [0.29, 0.717) is 10.7 Å². The average Bonchev–Trinajstić information content (AvgIpc) is 3.08. The third-order valence-electron chi connectivity index (χ3n) is 3.70. The molecule has 0 unspecified atom stereocenters. The molecule has 0 aromatic carbocycles. The Kier molecular flexibility index (Phi) is 3.72. The molecule has 3 heterocycles. The summed E-state index contributed by atoms with van der Waals surface area (Å²) in [6, 6.07) is 1.97. The van der Waals surface area contributed by atoms with E-state index in [2.05, 4.69) is 25.5 Å². The highest BCUT2D eigenvalue weighted by molar-refractivity contribution is 7.71. The van der Waals surface area contributed by atoms with Crippen LogP contribution in [0.3, 0.4) is 0 Å². The van der Waals surface area contributed by atoms with Gasteiger partial charge in [0.1, 0.15) is 0 Å². The minimum absolute atomic E-state index is 0.406. The third kappa shape index (κ3) is 2.63. The predicted octanol–water partition coefficient (Wildman–Crippen LogP) is 1.98. The molecule has 3 aromatic heterocycles. The fraction of sp³-hybridized carbons (Fsp3) is 0.357. The minimum Gasteiger partial charge on any atom is -0.272 e. The summed E-state index contributed by atoms with van der Waals surface area (Å²) in [5.41, 5.74) is 4.79. The average molecular weight is 330 g/mol. The van der Waals surface area contributed by atoms with Crippen molar-refractivity contribution in [1.29, 1.82) is 0 Å². The summed E-state index contributed by atoms with van der Waals surface area (Å²) in [5.74, 6) is 0.524. The largest absolute Gasteiger partial charge is 0.272 e. The van der Waals surface area contributed by atoms with Crippen LogP contribution in [0.25, 0.3) is 5.95 Å². The lowest BCUT2D eigenvalue weighted by molar-refractivity contribution is 0.714. The van der Waals surface area contributed by atoms with E-state index in [1.54, 1.807) is 15.6 Å². The summed E-state index contributed by atoms with van der Waals surface area (Å²) in [7, 11) is 1.91. The van der Waals surface area contributed by atoms with E-state index in [-0.39, 0.29) is 0 Å². The molecule has 9 heteroatoms. The van der Waals surface area contributed by atoms with Crippen LogP contribution in [0.15, 0.2) is 11.2 Å². The van der Waals surface area contributed by atoms with Crippen LogP contribution in [0.4, 0.5) is 0 Å². The molecule has 3 rings (SSSR count). The highest BCUT2D eigenvalue weighted by atomic mass is 32.1. The fourth-order valence-electron chi connectivity index (χ4n) is 2.45. The van der Waals surface area contributed by atoms with Gasteiger partial charge in [-0.2, -0.15) is 20.0 Å². The predicted molar refractivity (Wildman–Crippen MR) is 89.7 cm³/mol. The number of H-pyrrole nitrogens is 1. The first-order valence-electron chi connectivity index (χ1n) is 7.14. The van der Waals surface area contributed by atoms with Crippen molar-refractivity contribution >= 4 is 18.4 Å². The van der Waals surface area contributed by atoms with E-state index >= 15 is 0 Å². The summed E-state index contributed by atoms with van der Waals surface area (Å²) in [6.07, 6.45) is 1.75. The number of hydrogen-bond donors (Lipinski definition) is 1. The van der Waals surface area contributed by atoms with E-state index in [4.69, 9.17) is 12.2 Å². The number of nitrogens with zero attached hydrogens (tertiary/aromatic N) is 7. The molecule has 0 aliphatic heterocycles. The van der Waals surface area contributed by atoms with Gasteiger partial charge in [0.15, 0.2) is 0 Å². The van der Waals surface area contributed by atoms with Crippen LogP contribution in [0, 0.1) is 32.5 Å². The standard InChI is InChI=1S/C14H18N8S/c1-8-6-9(2)21(18-8)13-16-17-14(23)22(13)15-7-12-10(3)19-20(5)11(12)4/h6-7H,1-5H3,(H,17,23). The first-order valence-corrected chi connectivity index (χ1v) is 7.55. The van der Waals surface area contributed by atoms with Crippen molar-refractivity contribution < 1.29 is 0 Å². The van der Waals surface area contributed by atoms with Crippen LogP contribution >= 0.6 is 12.2 Å². The quantitative estimate of drug-likeness (QED) is 0.588. The molecule has 0 spiro atoms. The third-order valence-corrected chi connectivity index (χ3v) is 3.96. The zero-order valence-corrected chi connectivity index (χ0v) is 14.5. The van der Waals surface area contributed by atoms with Crippen molar-refractivity contribution in [3.05, 3.63) is 39.2 Å². The van der Waals surface area contributed by atoms with Crippen LogP contribution in [-0.2, 0) is 7.05 Å². The summed E-state index contributed by atoms with van der Waals surface area (Å²) >= 11 is 5.28. The van der Waals surface area contributed by atoms with Crippen molar-refractivity contribution in [2.45, 2.75) is 27.7 Å². The maximum atomic E-state index is 5.28. The van der Waals surface area contributed by atoms with Crippen LogP contribution in [0.1, 0.15) is 28.3 Å². The lowest BCUT2D eigenvalue weighted by Crippen LogP contribution is -2.07. The number of aromatic amines is 1. The highest BCUT2D eigenvalue weighted by Crippen LogP contribution is 2.12. The first kappa shape index (κ1) is 15.3. The monoisotopic (exact) mass is 330 g/mol. The number of aryl methyl sites for hydroxylation is 4. The van der Waals surface area contributed by atoms with Gasteiger partial charge in [0, 0.05) is 24.0 Å². The second kappa shape index (κ2) is 5.58. The maximum absolute atomic E-state index is 5.28. The zero-order valence-electron chi connectivity index (χ0n) is 13.7. The topological polar surface area (TPSA) is 81.6 Å². The Balaban J connectivity index is 2.08. The first-order chi connectivity index (χ1) is 10.9. The van der Waals surface area contributed by atoms with E-state index in [1.807, 2.05) is 45.5 Å². The van der Waals surface area contributed by atoms with Crippen molar-refractivity contribution in [3.8, 4) is 5.95 Å². The van der Waals surface area contributed by atoms with Gasteiger partial charge in [0.05, 0.1) is 17.6 Å². The van der Waals surface area contributed by atoms with E-state index in [1.165, 1.54) is 0 Å². The molecule has 1 N–H and O–H groups in total. The molecule has 0 aliphatic rings. The summed E-state index contributed by atoms with van der Waals surface area (Å²) < 4.78 is 5.50. The molecule has 3 aromatic rings. The summed E-state index contributed by atoms with van der Waals surface area (Å²) in [5, 5.41) is 20.3. The van der Waals surface area contributed by atoms with Gasteiger partial charge in [0.25, 0.3) is 5.95 Å². The molecule has 0 fully saturated rings. The molecule has 0 atom stereocenters. The maximum Gasteiger partial charge on any atom is 0.271 e. The minimum atomic E-state index is 0.406. The van der Waals surface area contributed by atoms with Crippen molar-refractivity contribution in [3.63, 3.8) is 0 Å². The number of nitrogens with one attached hydrogen (secondary N) is 1. The molecule has 0 saturated carbocycles. The van der Waals surface area contributed by atoms with Gasteiger partial charge in [0.2, 0.25) is 4.77 Å². The van der Waals surface area contributed by atoms with Crippen LogP contribution < -0.4 is 0 Å². The number of aromatic nitrogens is 7. The Morgan fingerprint density at radius 3 is 2.52 bits per heavy atom. The smallest absolute Gasteiger partial charge is 0.271 e. The molecule has 8 nitrogen and oxygen atoms in total. The molecule has 0 saturated heterocycles. The van der Waals surface area contributed by atoms with Gasteiger partial charge in [-0.1, -0.05) is 0 Å². The molecule has 120 valence electrons. The Labute approximate surface area is 138 Å². The number of rotatable bonds is 3. The highest BCUT2D eigenvalue weighted by Gasteiger charge is 2.12. The van der Waals surface area contributed by atoms with Crippen LogP contribution in [0.2, 0.25) is 0 Å². The zero-order chi connectivity index (χ0) is 16.7. The van der Waals surface area contributed by atoms with Crippen molar-refractivity contribution in [2.75, 3.05) is 0 Å². The Bertz CT molecular complexity index is 952. The fourth-order valence-corrected chi connectivity index (χ4v) is 2.62. The number of hydrogen-bond acceptors (Lipinski definition) is 5. The van der Waals surface area contributed by atoms with Crippen LogP contribution in [-0.4, -0.2) is 40.6 Å². The molecule has 0 aliphatic carbocycles. The van der Waals surface area contributed by atoms with Gasteiger partial charge >= 0.3 is 0 Å². The Hall–Kier alpha value is -2.55. The summed E-state index contributed by atoms with van der Waals surface area (Å²) in [4.78, 5) is 0. The molecular weight excluding hydrogens is 312 g/mol. The summed E-state index contributed by atoms with van der Waals surface area (Å²) in [6.45, 7) is 7.84. The SMILES string of the molecule is Cc1cc(C)n(-c2n[nH]c(=S)n2N=Cc2c(C)nn(C)c2C)n1. The van der Waals surface area contributed by atoms with E-state index in [0.717, 1.165) is 28.3 Å². The Morgan fingerprint density at radius 1 is 1.22 bits per heavy atom. The van der Waals surface area contributed by atoms with Crippen molar-refractivity contribution in [2.24, 2.45) is 12.1 Å². The molecule has 23 heavy (non-hydrogen) atoms. The van der Waals surface area contributed by atoms with Crippen molar-refractivity contribution in [1.82, 2.24) is 34.4 Å². The van der Waals surface area contributed by atoms with E-state index in [9.17, 15) is 0 Å². The molecule has 0 radical (unpaired) electrons. The van der Waals surface area contributed by atoms with Gasteiger partial charge in [-0.3, -0.25) is 4.68 Å². The molecule has 0 amide bonds. The Morgan fingerprint density at radius 2 is 1.96 bits per heavy atom. The molecule has 0 bridgehead atoms. The molecular formula is C14H18N8S.